The zero-order valence-corrected chi connectivity index (χ0v) is 14.7. The van der Waals surface area contributed by atoms with Crippen LogP contribution < -0.4 is 4.74 Å². The van der Waals surface area contributed by atoms with Crippen LogP contribution in [0, 0.1) is 5.92 Å². The Labute approximate surface area is 134 Å². The van der Waals surface area contributed by atoms with Gasteiger partial charge >= 0.3 is 0 Å². The van der Waals surface area contributed by atoms with E-state index >= 15 is 0 Å². The number of hydrogen-bond acceptors (Lipinski definition) is 2. The maximum Gasteiger partial charge on any atom is 0.163 e. The molecule has 0 aromatic heterocycles. The van der Waals surface area contributed by atoms with Crippen molar-refractivity contribution < 1.29 is 9.53 Å². The Morgan fingerprint density at radius 3 is 2.55 bits per heavy atom. The molecule has 0 saturated carbocycles. The predicted molar refractivity (Wildman–Crippen MR) is 92.7 cm³/mol. The van der Waals surface area contributed by atoms with E-state index in [1.165, 1.54) is 16.7 Å². The molecule has 1 aromatic carbocycles. The van der Waals surface area contributed by atoms with Crippen molar-refractivity contribution in [1.82, 2.24) is 0 Å². The van der Waals surface area contributed by atoms with Gasteiger partial charge in [-0.15, -0.1) is 0 Å². The van der Waals surface area contributed by atoms with Gasteiger partial charge < -0.3 is 4.74 Å². The molecule has 1 aliphatic rings. The van der Waals surface area contributed by atoms with Crippen molar-refractivity contribution in [2.24, 2.45) is 5.92 Å². The minimum absolute atomic E-state index is 0.0698. The van der Waals surface area contributed by atoms with Gasteiger partial charge in [0.05, 0.1) is 12.2 Å². The summed E-state index contributed by atoms with van der Waals surface area (Å²) in [5, 5.41) is 0. The number of rotatable bonds is 5. The van der Waals surface area contributed by atoms with Crippen molar-refractivity contribution in [1.29, 1.82) is 0 Å². The third kappa shape index (κ3) is 3.11. The van der Waals surface area contributed by atoms with E-state index in [0.717, 1.165) is 18.6 Å². The highest BCUT2D eigenvalue weighted by atomic mass is 16.5. The summed E-state index contributed by atoms with van der Waals surface area (Å²) in [5.74, 6) is 1.27. The zero-order chi connectivity index (χ0) is 16.5. The van der Waals surface area contributed by atoms with Crippen molar-refractivity contribution in [3.63, 3.8) is 0 Å². The van der Waals surface area contributed by atoms with E-state index in [0.29, 0.717) is 18.1 Å². The van der Waals surface area contributed by atoms with Gasteiger partial charge in [-0.3, -0.25) is 4.79 Å². The summed E-state index contributed by atoms with van der Waals surface area (Å²) >= 11 is 0. The molecule has 0 atom stereocenters. The summed E-state index contributed by atoms with van der Waals surface area (Å²) < 4.78 is 5.86. The van der Waals surface area contributed by atoms with Crippen LogP contribution in [0.1, 0.15) is 75.9 Å². The van der Waals surface area contributed by atoms with Crippen LogP contribution in [0.15, 0.2) is 18.2 Å². The molecule has 0 fully saturated rings. The van der Waals surface area contributed by atoms with Gasteiger partial charge in [-0.2, -0.15) is 0 Å². The van der Waals surface area contributed by atoms with E-state index in [1.54, 1.807) is 6.92 Å². The molecule has 0 unspecified atom stereocenters. The molecular weight excluding hydrogens is 272 g/mol. The first-order valence-electron chi connectivity index (χ1n) is 8.30. The number of carbonyl (C=O) groups excluding carboxylic acids is 1. The van der Waals surface area contributed by atoms with Gasteiger partial charge in [0, 0.05) is 0 Å². The fraction of sp³-hybridized carbons (Fsp3) is 0.550. The predicted octanol–water partition coefficient (Wildman–Crippen LogP) is 5.40. The number of allylic oxidation sites excluding steroid dienone is 2. The second kappa shape index (κ2) is 6.28. The number of fused-ring (bicyclic) bond motifs is 1. The monoisotopic (exact) mass is 300 g/mol. The average Bonchev–Trinajstić information content (AvgIpc) is 2.44. The van der Waals surface area contributed by atoms with Gasteiger partial charge in [0.25, 0.3) is 0 Å². The van der Waals surface area contributed by atoms with Crippen LogP contribution in [-0.4, -0.2) is 12.4 Å². The lowest BCUT2D eigenvalue weighted by atomic mass is 9.71. The molecule has 2 heteroatoms. The summed E-state index contributed by atoms with van der Waals surface area (Å²) in [5.41, 5.74) is 4.65. The Morgan fingerprint density at radius 2 is 2.00 bits per heavy atom. The average molecular weight is 300 g/mol. The molecule has 0 saturated heterocycles. The molecule has 1 aliphatic carbocycles. The maximum atomic E-state index is 12.1. The molecule has 0 radical (unpaired) electrons. The lowest BCUT2D eigenvalue weighted by molar-refractivity contribution is 0.101. The summed E-state index contributed by atoms with van der Waals surface area (Å²) in [6.45, 7) is 13.3. The number of ketones is 1. The van der Waals surface area contributed by atoms with Crippen molar-refractivity contribution >= 4 is 11.4 Å². The third-order valence-electron chi connectivity index (χ3n) is 4.46. The first-order chi connectivity index (χ1) is 10.3. The molecule has 0 bridgehead atoms. The molecule has 0 spiro atoms. The lowest BCUT2D eigenvalue weighted by Gasteiger charge is -2.34. The second-order valence-corrected chi connectivity index (χ2v) is 7.20. The highest BCUT2D eigenvalue weighted by molar-refractivity contribution is 5.98. The molecule has 0 heterocycles. The van der Waals surface area contributed by atoms with E-state index in [4.69, 9.17) is 4.74 Å². The smallest absolute Gasteiger partial charge is 0.163 e. The minimum Gasteiger partial charge on any atom is -0.493 e. The van der Waals surface area contributed by atoms with Gasteiger partial charge in [-0.25, -0.2) is 0 Å². The Kier molecular flexibility index (Phi) is 4.79. The first-order valence-corrected chi connectivity index (χ1v) is 8.30. The standard InChI is InChI=1S/C20H28O2/c1-7-10-22-19-12-18-17(11-16(19)14(4)21)15(13(2)3)8-9-20(18,5)6/h8,11-13H,7,9-10H2,1-6H3. The molecule has 0 aliphatic heterocycles. The number of carbonyl (C=O) groups is 1. The Bertz CT molecular complexity index is 606. The van der Waals surface area contributed by atoms with E-state index < -0.39 is 0 Å². The van der Waals surface area contributed by atoms with Gasteiger partial charge in [0.1, 0.15) is 5.75 Å². The Morgan fingerprint density at radius 1 is 1.32 bits per heavy atom. The quantitative estimate of drug-likeness (QED) is 0.681. The van der Waals surface area contributed by atoms with Crippen LogP contribution in [0.4, 0.5) is 0 Å². The van der Waals surface area contributed by atoms with Crippen LogP contribution in [0.25, 0.3) is 5.57 Å². The third-order valence-corrected chi connectivity index (χ3v) is 4.46. The topological polar surface area (TPSA) is 26.3 Å². The van der Waals surface area contributed by atoms with Crippen molar-refractivity contribution in [2.45, 2.75) is 59.8 Å². The zero-order valence-electron chi connectivity index (χ0n) is 14.7. The van der Waals surface area contributed by atoms with E-state index in [9.17, 15) is 4.79 Å². The highest BCUT2D eigenvalue weighted by Gasteiger charge is 2.31. The Hall–Kier alpha value is -1.57. The molecular formula is C20H28O2. The van der Waals surface area contributed by atoms with Crippen LogP contribution in [0.5, 0.6) is 5.75 Å². The molecule has 0 amide bonds. The van der Waals surface area contributed by atoms with E-state index in [-0.39, 0.29) is 11.2 Å². The normalized spacial score (nSPS) is 16.2. The summed E-state index contributed by atoms with van der Waals surface area (Å²) in [4.78, 5) is 12.1. The number of hydrogen-bond donors (Lipinski definition) is 0. The highest BCUT2D eigenvalue weighted by Crippen LogP contribution is 2.44. The second-order valence-electron chi connectivity index (χ2n) is 7.20. The van der Waals surface area contributed by atoms with Crippen LogP contribution >= 0.6 is 0 Å². The number of Topliss-reactive ketones (excluding diaryl/α,β-unsaturated/α-hetero) is 1. The summed E-state index contributed by atoms with van der Waals surface area (Å²) in [6.07, 6.45) is 4.30. The lowest BCUT2D eigenvalue weighted by Crippen LogP contribution is -2.23. The van der Waals surface area contributed by atoms with Gasteiger partial charge in [0.2, 0.25) is 0 Å². The molecule has 1 aromatic rings. The van der Waals surface area contributed by atoms with E-state index in [1.807, 2.05) is 0 Å². The number of benzene rings is 1. The van der Waals surface area contributed by atoms with Gasteiger partial charge in [-0.05, 0) is 59.9 Å². The van der Waals surface area contributed by atoms with Crippen LogP contribution in [0.2, 0.25) is 0 Å². The summed E-state index contributed by atoms with van der Waals surface area (Å²) in [7, 11) is 0. The largest absolute Gasteiger partial charge is 0.493 e. The van der Waals surface area contributed by atoms with E-state index in [2.05, 4.69) is 52.8 Å². The van der Waals surface area contributed by atoms with Crippen molar-refractivity contribution in [3.8, 4) is 5.75 Å². The first kappa shape index (κ1) is 16.8. The van der Waals surface area contributed by atoms with Gasteiger partial charge in [0.15, 0.2) is 5.78 Å². The minimum atomic E-state index is 0.0698. The fourth-order valence-corrected chi connectivity index (χ4v) is 3.12. The number of ether oxygens (including phenoxy) is 1. The SMILES string of the molecule is CCCOc1cc2c(cc1C(C)=O)C(C(C)C)=CCC2(C)C. The molecule has 120 valence electrons. The van der Waals surface area contributed by atoms with Crippen molar-refractivity contribution in [2.75, 3.05) is 6.61 Å². The fourth-order valence-electron chi connectivity index (χ4n) is 3.12. The molecule has 2 nitrogen and oxygen atoms in total. The van der Waals surface area contributed by atoms with Crippen LogP contribution in [-0.2, 0) is 5.41 Å². The van der Waals surface area contributed by atoms with Crippen molar-refractivity contribution in [3.05, 3.63) is 34.9 Å². The maximum absolute atomic E-state index is 12.1. The molecule has 22 heavy (non-hydrogen) atoms. The molecule has 0 N–H and O–H groups in total. The Balaban J connectivity index is 2.64. The van der Waals surface area contributed by atoms with Gasteiger partial charge in [-0.1, -0.05) is 40.7 Å². The molecule has 2 rings (SSSR count). The van der Waals surface area contributed by atoms with Crippen LogP contribution in [0.3, 0.4) is 0 Å². The summed E-state index contributed by atoms with van der Waals surface area (Å²) in [6, 6.07) is 4.16.